The standard InChI is InChI=1S/C13H19NO/c1-4-8-14(3)12-6-5-7-13-11(12)9-10(2)15-13/h1,9,11-13H,5-8H2,2-3H3. The molecular weight excluding hydrogens is 186 g/mol. The molecular formula is C13H19NO. The molecule has 3 unspecified atom stereocenters. The summed E-state index contributed by atoms with van der Waals surface area (Å²) in [5.74, 6) is 4.36. The van der Waals surface area contributed by atoms with Gasteiger partial charge in [0, 0.05) is 12.0 Å². The first-order valence-electron chi connectivity index (χ1n) is 5.71. The molecule has 2 aliphatic rings. The van der Waals surface area contributed by atoms with Crippen molar-refractivity contribution in [3.8, 4) is 12.3 Å². The van der Waals surface area contributed by atoms with Crippen LogP contribution in [0, 0.1) is 18.3 Å². The van der Waals surface area contributed by atoms with Crippen LogP contribution in [-0.2, 0) is 4.74 Å². The van der Waals surface area contributed by atoms with Crippen LogP contribution in [0.25, 0.3) is 0 Å². The Hall–Kier alpha value is -0.940. The summed E-state index contributed by atoms with van der Waals surface area (Å²) < 4.78 is 5.81. The molecule has 1 aliphatic carbocycles. The van der Waals surface area contributed by atoms with Crippen LogP contribution >= 0.6 is 0 Å². The molecule has 1 aliphatic heterocycles. The van der Waals surface area contributed by atoms with Crippen molar-refractivity contribution in [2.24, 2.45) is 5.92 Å². The fraction of sp³-hybridized carbons (Fsp3) is 0.692. The van der Waals surface area contributed by atoms with Crippen LogP contribution < -0.4 is 0 Å². The van der Waals surface area contributed by atoms with Crippen molar-refractivity contribution in [1.29, 1.82) is 0 Å². The number of hydrogen-bond acceptors (Lipinski definition) is 2. The first kappa shape index (κ1) is 10.6. The van der Waals surface area contributed by atoms with Crippen molar-refractivity contribution < 1.29 is 4.74 Å². The van der Waals surface area contributed by atoms with Crippen molar-refractivity contribution in [3.63, 3.8) is 0 Å². The zero-order valence-electron chi connectivity index (χ0n) is 9.57. The zero-order valence-corrected chi connectivity index (χ0v) is 9.57. The fourth-order valence-corrected chi connectivity index (χ4v) is 2.84. The molecule has 0 aromatic rings. The highest BCUT2D eigenvalue weighted by Crippen LogP contribution is 2.37. The summed E-state index contributed by atoms with van der Waals surface area (Å²) in [6.07, 6.45) is 11.7. The summed E-state index contributed by atoms with van der Waals surface area (Å²) in [6, 6.07) is 0.567. The lowest BCUT2D eigenvalue weighted by Crippen LogP contribution is -2.44. The summed E-state index contributed by atoms with van der Waals surface area (Å²) in [5, 5.41) is 0. The molecule has 0 aromatic carbocycles. The third-order valence-electron chi connectivity index (χ3n) is 3.53. The maximum atomic E-state index is 5.81. The van der Waals surface area contributed by atoms with Gasteiger partial charge in [0.05, 0.1) is 12.3 Å². The largest absolute Gasteiger partial charge is 0.495 e. The molecule has 0 amide bonds. The van der Waals surface area contributed by atoms with Crippen molar-refractivity contribution in [2.75, 3.05) is 13.6 Å². The molecule has 0 aromatic heterocycles. The zero-order chi connectivity index (χ0) is 10.8. The number of fused-ring (bicyclic) bond motifs is 1. The van der Waals surface area contributed by atoms with Gasteiger partial charge in [0.2, 0.25) is 0 Å². The predicted molar refractivity (Wildman–Crippen MR) is 61.2 cm³/mol. The van der Waals surface area contributed by atoms with Gasteiger partial charge in [-0.2, -0.15) is 0 Å². The summed E-state index contributed by atoms with van der Waals surface area (Å²) in [5.41, 5.74) is 0. The van der Waals surface area contributed by atoms with Gasteiger partial charge in [-0.1, -0.05) is 5.92 Å². The van der Waals surface area contributed by atoms with Crippen LogP contribution in [0.1, 0.15) is 26.2 Å². The minimum Gasteiger partial charge on any atom is -0.495 e. The van der Waals surface area contributed by atoms with E-state index in [4.69, 9.17) is 11.2 Å². The lowest BCUT2D eigenvalue weighted by Gasteiger charge is -2.37. The molecule has 1 fully saturated rings. The molecule has 0 bridgehead atoms. The topological polar surface area (TPSA) is 12.5 Å². The van der Waals surface area contributed by atoms with Crippen LogP contribution in [0.3, 0.4) is 0 Å². The summed E-state index contributed by atoms with van der Waals surface area (Å²) in [7, 11) is 2.12. The second-order valence-corrected chi connectivity index (χ2v) is 4.63. The quantitative estimate of drug-likeness (QED) is 0.639. The van der Waals surface area contributed by atoms with Crippen molar-refractivity contribution >= 4 is 0 Å². The molecule has 2 rings (SSSR count). The fourth-order valence-electron chi connectivity index (χ4n) is 2.84. The van der Waals surface area contributed by atoms with E-state index in [0.29, 0.717) is 18.1 Å². The molecule has 0 spiro atoms. The van der Waals surface area contributed by atoms with Crippen LogP contribution in [-0.4, -0.2) is 30.6 Å². The highest BCUT2D eigenvalue weighted by atomic mass is 16.5. The van der Waals surface area contributed by atoms with Gasteiger partial charge in [-0.25, -0.2) is 0 Å². The number of hydrogen-bond donors (Lipinski definition) is 0. The molecule has 0 saturated heterocycles. The number of terminal acetylenes is 1. The summed E-state index contributed by atoms with van der Waals surface area (Å²) in [6.45, 7) is 2.79. The first-order chi connectivity index (χ1) is 7.22. The van der Waals surface area contributed by atoms with Gasteiger partial charge in [0.15, 0.2) is 0 Å². The summed E-state index contributed by atoms with van der Waals surface area (Å²) >= 11 is 0. The smallest absolute Gasteiger partial charge is 0.106 e. The number of nitrogens with zero attached hydrogens (tertiary/aromatic N) is 1. The van der Waals surface area contributed by atoms with E-state index in [0.717, 1.165) is 12.3 Å². The van der Waals surface area contributed by atoms with Crippen LogP contribution in [0.5, 0.6) is 0 Å². The molecule has 1 saturated carbocycles. The Morgan fingerprint density at radius 1 is 1.60 bits per heavy atom. The Bertz CT molecular complexity index is 302. The third-order valence-corrected chi connectivity index (χ3v) is 3.53. The van der Waals surface area contributed by atoms with Gasteiger partial charge in [0.1, 0.15) is 6.10 Å². The molecule has 2 heteroatoms. The normalized spacial score (nSPS) is 34.3. The van der Waals surface area contributed by atoms with Gasteiger partial charge < -0.3 is 4.74 Å². The van der Waals surface area contributed by atoms with E-state index in [9.17, 15) is 0 Å². The summed E-state index contributed by atoms with van der Waals surface area (Å²) in [4.78, 5) is 2.29. The average molecular weight is 205 g/mol. The van der Waals surface area contributed by atoms with E-state index in [-0.39, 0.29) is 0 Å². The third kappa shape index (κ3) is 2.03. The Balaban J connectivity index is 2.08. The average Bonchev–Trinajstić information content (AvgIpc) is 2.57. The van der Waals surface area contributed by atoms with E-state index in [1.165, 1.54) is 19.3 Å². The van der Waals surface area contributed by atoms with Crippen LogP contribution in [0.15, 0.2) is 11.8 Å². The molecule has 2 nitrogen and oxygen atoms in total. The van der Waals surface area contributed by atoms with E-state index < -0.39 is 0 Å². The lowest BCUT2D eigenvalue weighted by atomic mass is 9.82. The number of rotatable bonds is 2. The number of allylic oxidation sites excluding steroid dienone is 1. The maximum absolute atomic E-state index is 5.81. The van der Waals surface area contributed by atoms with E-state index in [1.807, 2.05) is 0 Å². The van der Waals surface area contributed by atoms with E-state index >= 15 is 0 Å². The Kier molecular flexibility index (Phi) is 3.02. The van der Waals surface area contributed by atoms with Crippen LogP contribution in [0.4, 0.5) is 0 Å². The van der Waals surface area contributed by atoms with Crippen molar-refractivity contribution in [2.45, 2.75) is 38.3 Å². The predicted octanol–water partition coefficient (Wildman–Crippen LogP) is 2.02. The molecule has 3 atom stereocenters. The Labute approximate surface area is 92.3 Å². The van der Waals surface area contributed by atoms with Gasteiger partial charge in [-0.3, -0.25) is 4.90 Å². The Morgan fingerprint density at radius 2 is 2.40 bits per heavy atom. The number of ether oxygens (including phenoxy) is 1. The highest BCUT2D eigenvalue weighted by Gasteiger charge is 2.38. The SMILES string of the molecule is C#CCN(C)C1CCCC2OC(C)=CC21. The molecule has 15 heavy (non-hydrogen) atoms. The van der Waals surface area contributed by atoms with Crippen LogP contribution in [0.2, 0.25) is 0 Å². The minimum atomic E-state index is 0.406. The molecule has 0 radical (unpaired) electrons. The molecule has 82 valence electrons. The monoisotopic (exact) mass is 205 g/mol. The molecule has 1 heterocycles. The molecule has 0 N–H and O–H groups in total. The van der Waals surface area contributed by atoms with E-state index in [1.54, 1.807) is 0 Å². The maximum Gasteiger partial charge on any atom is 0.106 e. The van der Waals surface area contributed by atoms with Crippen molar-refractivity contribution in [1.82, 2.24) is 4.90 Å². The van der Waals surface area contributed by atoms with Gasteiger partial charge in [-0.05, 0) is 39.3 Å². The van der Waals surface area contributed by atoms with Crippen molar-refractivity contribution in [3.05, 3.63) is 11.8 Å². The van der Waals surface area contributed by atoms with E-state index in [2.05, 4.69) is 30.9 Å². The van der Waals surface area contributed by atoms with Gasteiger partial charge in [0.25, 0.3) is 0 Å². The van der Waals surface area contributed by atoms with Gasteiger partial charge in [-0.15, -0.1) is 6.42 Å². The first-order valence-corrected chi connectivity index (χ1v) is 5.71. The van der Waals surface area contributed by atoms with Gasteiger partial charge >= 0.3 is 0 Å². The second-order valence-electron chi connectivity index (χ2n) is 4.63. The minimum absolute atomic E-state index is 0.406. The second kappa shape index (κ2) is 4.28. The highest BCUT2D eigenvalue weighted by molar-refractivity contribution is 5.10. The lowest BCUT2D eigenvalue weighted by molar-refractivity contribution is 0.0381. The Morgan fingerprint density at radius 3 is 3.13 bits per heavy atom.